The van der Waals surface area contributed by atoms with Crippen molar-refractivity contribution < 1.29 is 14.7 Å². The number of amides is 2. The van der Waals surface area contributed by atoms with Crippen molar-refractivity contribution in [2.24, 2.45) is 11.3 Å². The lowest BCUT2D eigenvalue weighted by Crippen LogP contribution is -2.53. The second-order valence-corrected chi connectivity index (χ2v) is 6.81. The number of hydrogen-bond acceptors (Lipinski definition) is 2. The van der Waals surface area contributed by atoms with Crippen molar-refractivity contribution in [3.05, 3.63) is 0 Å². The predicted octanol–water partition coefficient (Wildman–Crippen LogP) is 2.46. The van der Waals surface area contributed by atoms with Crippen LogP contribution in [0.5, 0.6) is 0 Å². The first-order valence-electron chi connectivity index (χ1n) is 7.65. The summed E-state index contributed by atoms with van der Waals surface area (Å²) in [5, 5.41) is 12.4. The highest BCUT2D eigenvalue weighted by molar-refractivity contribution is 5.79. The summed E-state index contributed by atoms with van der Waals surface area (Å²) in [4.78, 5) is 25.7. The van der Waals surface area contributed by atoms with Crippen molar-refractivity contribution in [1.82, 2.24) is 10.2 Å². The fourth-order valence-electron chi connectivity index (χ4n) is 2.99. The minimum Gasteiger partial charge on any atom is -0.481 e. The van der Waals surface area contributed by atoms with Crippen molar-refractivity contribution in [3.8, 4) is 0 Å². The highest BCUT2D eigenvalue weighted by Crippen LogP contribution is 2.38. The van der Waals surface area contributed by atoms with Gasteiger partial charge in [-0.25, -0.2) is 4.79 Å². The molecule has 0 radical (unpaired) electrons. The highest BCUT2D eigenvalue weighted by atomic mass is 16.4. The summed E-state index contributed by atoms with van der Waals surface area (Å²) < 4.78 is 0. The fraction of sp³-hybridized carbons (Fsp3) is 0.867. The molecule has 2 amide bonds. The van der Waals surface area contributed by atoms with E-state index in [1.54, 1.807) is 6.92 Å². The van der Waals surface area contributed by atoms with Crippen LogP contribution in [0.1, 0.15) is 52.9 Å². The summed E-state index contributed by atoms with van der Waals surface area (Å²) in [6.07, 6.45) is 4.65. The molecule has 0 aromatic rings. The number of aliphatic carboxylic acids is 1. The summed E-state index contributed by atoms with van der Waals surface area (Å²) in [7, 11) is 0. The van der Waals surface area contributed by atoms with E-state index in [0.717, 1.165) is 19.4 Å². The second-order valence-electron chi connectivity index (χ2n) is 6.81. The molecular weight excluding hydrogens is 256 g/mol. The van der Waals surface area contributed by atoms with Crippen LogP contribution in [0.4, 0.5) is 4.79 Å². The van der Waals surface area contributed by atoms with Crippen LogP contribution in [0.25, 0.3) is 0 Å². The molecule has 0 spiro atoms. The van der Waals surface area contributed by atoms with E-state index < -0.39 is 11.4 Å². The Labute approximate surface area is 120 Å². The monoisotopic (exact) mass is 282 g/mol. The van der Waals surface area contributed by atoms with Crippen LogP contribution in [-0.2, 0) is 4.79 Å². The maximum atomic E-state index is 12.4. The third-order valence-electron chi connectivity index (χ3n) is 4.78. The Hall–Kier alpha value is -1.26. The number of rotatable bonds is 5. The van der Waals surface area contributed by atoms with E-state index in [9.17, 15) is 14.7 Å². The number of carboxylic acids is 1. The van der Waals surface area contributed by atoms with Crippen LogP contribution in [-0.4, -0.2) is 40.6 Å². The van der Waals surface area contributed by atoms with E-state index in [-0.39, 0.29) is 18.1 Å². The topological polar surface area (TPSA) is 69.6 Å². The zero-order valence-corrected chi connectivity index (χ0v) is 12.7. The summed E-state index contributed by atoms with van der Waals surface area (Å²) in [5.74, 6) is -0.170. The summed E-state index contributed by atoms with van der Waals surface area (Å²) in [6.45, 7) is 6.55. The number of urea groups is 1. The van der Waals surface area contributed by atoms with E-state index in [1.807, 2.05) is 18.7 Å². The Morgan fingerprint density at radius 2 is 2.00 bits per heavy atom. The maximum Gasteiger partial charge on any atom is 0.317 e. The molecule has 2 atom stereocenters. The molecule has 0 bridgehead atoms. The van der Waals surface area contributed by atoms with E-state index in [0.29, 0.717) is 12.3 Å². The third kappa shape index (κ3) is 3.07. The molecule has 2 rings (SSSR count). The predicted molar refractivity (Wildman–Crippen MR) is 76.5 cm³/mol. The largest absolute Gasteiger partial charge is 0.481 e. The summed E-state index contributed by atoms with van der Waals surface area (Å²) in [6, 6.07) is -0.215. The Balaban J connectivity index is 1.99. The smallest absolute Gasteiger partial charge is 0.317 e. The van der Waals surface area contributed by atoms with Crippen LogP contribution in [0.15, 0.2) is 0 Å². The van der Waals surface area contributed by atoms with Crippen molar-refractivity contribution in [2.75, 3.05) is 6.54 Å². The van der Waals surface area contributed by atoms with Crippen LogP contribution < -0.4 is 5.32 Å². The maximum absolute atomic E-state index is 12.4. The molecule has 2 fully saturated rings. The van der Waals surface area contributed by atoms with Crippen LogP contribution in [0, 0.1) is 11.3 Å². The molecule has 2 aliphatic carbocycles. The molecule has 20 heavy (non-hydrogen) atoms. The van der Waals surface area contributed by atoms with Gasteiger partial charge in [0.05, 0.1) is 5.41 Å². The number of carbonyl (C=O) groups excluding carboxylic acids is 1. The molecule has 5 nitrogen and oxygen atoms in total. The molecule has 0 aromatic carbocycles. The van der Waals surface area contributed by atoms with Crippen molar-refractivity contribution in [3.63, 3.8) is 0 Å². The summed E-state index contributed by atoms with van der Waals surface area (Å²) in [5.41, 5.74) is -0.822. The molecule has 114 valence electrons. The average molecular weight is 282 g/mol. The first kappa shape index (κ1) is 15.1. The molecule has 2 unspecified atom stereocenters. The van der Waals surface area contributed by atoms with Gasteiger partial charge >= 0.3 is 12.0 Å². The van der Waals surface area contributed by atoms with Crippen LogP contribution >= 0.6 is 0 Å². The zero-order chi connectivity index (χ0) is 14.9. The zero-order valence-electron chi connectivity index (χ0n) is 12.7. The minimum absolute atomic E-state index is 0.105. The van der Waals surface area contributed by atoms with Crippen molar-refractivity contribution in [2.45, 2.75) is 65.0 Å². The molecular formula is C15H26N2O3. The van der Waals surface area contributed by atoms with Crippen LogP contribution in [0.2, 0.25) is 0 Å². The van der Waals surface area contributed by atoms with Crippen molar-refractivity contribution >= 4 is 12.0 Å². The summed E-state index contributed by atoms with van der Waals surface area (Å²) >= 11 is 0. The first-order chi connectivity index (χ1) is 9.34. The quantitative estimate of drug-likeness (QED) is 0.813. The van der Waals surface area contributed by atoms with Gasteiger partial charge in [0, 0.05) is 18.6 Å². The molecule has 2 aliphatic rings. The second kappa shape index (κ2) is 5.62. The number of carboxylic acid groups (broad SMARTS) is 1. The molecule has 5 heteroatoms. The number of hydrogen-bond donors (Lipinski definition) is 2. The standard InChI is InChI=1S/C15H26N2O3/c1-10(2)17(9-11-6-7-11)14(20)16-12-5-4-8-15(12,3)13(18)19/h10-12H,4-9H2,1-3H3,(H,16,20)(H,18,19). The lowest BCUT2D eigenvalue weighted by atomic mass is 9.85. The van der Waals surface area contributed by atoms with E-state index in [4.69, 9.17) is 0 Å². The van der Waals surface area contributed by atoms with Crippen LogP contribution in [0.3, 0.4) is 0 Å². The van der Waals surface area contributed by atoms with Gasteiger partial charge in [-0.15, -0.1) is 0 Å². The molecule has 0 heterocycles. The van der Waals surface area contributed by atoms with E-state index >= 15 is 0 Å². The van der Waals surface area contributed by atoms with Gasteiger partial charge in [-0.2, -0.15) is 0 Å². The Kier molecular flexibility index (Phi) is 4.25. The third-order valence-corrected chi connectivity index (χ3v) is 4.78. The lowest BCUT2D eigenvalue weighted by molar-refractivity contribution is -0.148. The fourth-order valence-corrected chi connectivity index (χ4v) is 2.99. The lowest BCUT2D eigenvalue weighted by Gasteiger charge is -2.32. The van der Waals surface area contributed by atoms with Gasteiger partial charge in [0.1, 0.15) is 0 Å². The van der Waals surface area contributed by atoms with Gasteiger partial charge in [-0.3, -0.25) is 4.79 Å². The number of nitrogens with one attached hydrogen (secondary N) is 1. The van der Waals surface area contributed by atoms with Crippen molar-refractivity contribution in [1.29, 1.82) is 0 Å². The Morgan fingerprint density at radius 3 is 2.50 bits per heavy atom. The van der Waals surface area contributed by atoms with Gasteiger partial charge in [0.15, 0.2) is 0 Å². The van der Waals surface area contributed by atoms with E-state index in [1.165, 1.54) is 12.8 Å². The SMILES string of the molecule is CC(C)N(CC1CC1)C(=O)NC1CCCC1(C)C(=O)O. The Morgan fingerprint density at radius 1 is 1.35 bits per heavy atom. The highest BCUT2D eigenvalue weighted by Gasteiger charge is 2.46. The molecule has 0 aromatic heterocycles. The van der Waals surface area contributed by atoms with Gasteiger partial charge in [-0.05, 0) is 52.4 Å². The number of nitrogens with zero attached hydrogens (tertiary/aromatic N) is 1. The number of carbonyl (C=O) groups is 2. The minimum atomic E-state index is -0.822. The normalized spacial score (nSPS) is 29.5. The van der Waals surface area contributed by atoms with Gasteiger partial charge < -0.3 is 15.3 Å². The molecule has 0 saturated heterocycles. The average Bonchev–Trinajstić information content (AvgIpc) is 3.11. The van der Waals surface area contributed by atoms with Gasteiger partial charge in [0.25, 0.3) is 0 Å². The first-order valence-corrected chi connectivity index (χ1v) is 7.65. The van der Waals surface area contributed by atoms with Gasteiger partial charge in [0.2, 0.25) is 0 Å². The van der Waals surface area contributed by atoms with E-state index in [2.05, 4.69) is 5.32 Å². The molecule has 0 aliphatic heterocycles. The van der Waals surface area contributed by atoms with Gasteiger partial charge in [-0.1, -0.05) is 6.42 Å². The Bertz CT molecular complexity index is 393. The molecule has 2 N–H and O–H groups in total. The molecule has 2 saturated carbocycles.